The Bertz CT molecular complexity index is 371. The van der Waals surface area contributed by atoms with Crippen LogP contribution in [0, 0.1) is 0 Å². The highest BCUT2D eigenvalue weighted by atomic mass is 79.9. The van der Waals surface area contributed by atoms with Crippen LogP contribution in [0.5, 0.6) is 5.88 Å². The molecule has 0 aliphatic carbocycles. The van der Waals surface area contributed by atoms with Crippen molar-refractivity contribution in [3.05, 3.63) is 16.7 Å². The molecule has 1 heterocycles. The monoisotopic (exact) mass is 288 g/mol. The summed E-state index contributed by atoms with van der Waals surface area (Å²) in [6, 6.07) is 3.41. The largest absolute Gasteiger partial charge is 0.479 e. The molecular weight excluding hydrogens is 276 g/mol. The first-order valence-electron chi connectivity index (χ1n) is 4.69. The molecule has 0 radical (unpaired) electrons. The minimum absolute atomic E-state index is 0.198. The number of nitrogens with zero attached hydrogens (tertiary/aromatic N) is 2. The molecule has 0 aromatic carbocycles. The first-order chi connectivity index (χ1) is 7.58. The van der Waals surface area contributed by atoms with Crippen molar-refractivity contribution in [2.24, 2.45) is 0 Å². The maximum Gasteiger partial charge on any atom is 0.238 e. The van der Waals surface area contributed by atoms with Crippen molar-refractivity contribution in [2.45, 2.75) is 13.0 Å². The van der Waals surface area contributed by atoms with Gasteiger partial charge in [0.15, 0.2) is 0 Å². The fraction of sp³-hybridized carbons (Fsp3) is 0.400. The molecule has 1 unspecified atom stereocenters. The Morgan fingerprint density at radius 3 is 2.88 bits per heavy atom. The second-order valence-electron chi connectivity index (χ2n) is 3.27. The average Bonchev–Trinajstić information content (AvgIpc) is 2.25. The Hall–Kier alpha value is -1.14. The Labute approximate surface area is 102 Å². The molecule has 0 aliphatic heterocycles. The molecule has 88 valence electrons. The number of carbonyl (C=O) groups excluding carboxylic acids is 1. The quantitative estimate of drug-likeness (QED) is 0.653. The van der Waals surface area contributed by atoms with Gasteiger partial charge >= 0.3 is 0 Å². The molecule has 0 bridgehead atoms. The SMILES string of the molecule is COc1nc(Br)ccc1N(C=O)CC(C)O. The number of carbonyl (C=O) groups is 1. The lowest BCUT2D eigenvalue weighted by Crippen LogP contribution is -2.30. The molecular formula is C10H13BrN2O3. The number of pyridine rings is 1. The third-order valence-corrected chi connectivity index (χ3v) is 2.34. The van der Waals surface area contributed by atoms with Crippen LogP contribution in [0.25, 0.3) is 0 Å². The maximum absolute atomic E-state index is 10.9. The van der Waals surface area contributed by atoms with E-state index in [2.05, 4.69) is 20.9 Å². The molecule has 1 N–H and O–H groups in total. The minimum atomic E-state index is -0.612. The first kappa shape index (κ1) is 12.9. The van der Waals surface area contributed by atoms with Crippen LogP contribution in [0.3, 0.4) is 0 Å². The highest BCUT2D eigenvalue weighted by molar-refractivity contribution is 9.10. The lowest BCUT2D eigenvalue weighted by molar-refractivity contribution is -0.107. The third-order valence-electron chi connectivity index (χ3n) is 1.90. The van der Waals surface area contributed by atoms with E-state index in [0.29, 0.717) is 22.6 Å². The van der Waals surface area contributed by atoms with E-state index in [1.165, 1.54) is 12.0 Å². The number of hydrogen-bond acceptors (Lipinski definition) is 4. The van der Waals surface area contributed by atoms with Crippen molar-refractivity contribution in [2.75, 3.05) is 18.6 Å². The van der Waals surface area contributed by atoms with Crippen molar-refractivity contribution in [1.82, 2.24) is 4.98 Å². The van der Waals surface area contributed by atoms with Gasteiger partial charge in [0.1, 0.15) is 10.3 Å². The zero-order valence-corrected chi connectivity index (χ0v) is 10.6. The lowest BCUT2D eigenvalue weighted by Gasteiger charge is -2.20. The third kappa shape index (κ3) is 3.18. The van der Waals surface area contributed by atoms with Crippen LogP contribution in [0.15, 0.2) is 16.7 Å². The summed E-state index contributed by atoms with van der Waals surface area (Å²) in [4.78, 5) is 16.3. The Kier molecular flexibility index (Phi) is 4.70. The lowest BCUT2D eigenvalue weighted by atomic mass is 10.3. The van der Waals surface area contributed by atoms with Crippen molar-refractivity contribution >= 4 is 28.0 Å². The standard InChI is InChI=1S/C10H13BrN2O3/c1-7(15)5-13(6-14)8-3-4-9(11)12-10(8)16-2/h3-4,6-7,15H,5H2,1-2H3. The molecule has 1 aromatic heterocycles. The van der Waals surface area contributed by atoms with Gasteiger partial charge in [0, 0.05) is 0 Å². The molecule has 0 saturated heterocycles. The topological polar surface area (TPSA) is 62.7 Å². The summed E-state index contributed by atoms with van der Waals surface area (Å²) in [5.74, 6) is 0.335. The summed E-state index contributed by atoms with van der Waals surface area (Å²) in [6.45, 7) is 1.80. The number of amides is 1. The van der Waals surface area contributed by atoms with E-state index in [0.717, 1.165) is 0 Å². The number of methoxy groups -OCH3 is 1. The van der Waals surface area contributed by atoms with Crippen LogP contribution in [0.4, 0.5) is 5.69 Å². The highest BCUT2D eigenvalue weighted by Gasteiger charge is 2.14. The van der Waals surface area contributed by atoms with Crippen LogP contribution in [0.1, 0.15) is 6.92 Å². The summed E-state index contributed by atoms with van der Waals surface area (Å²) in [5, 5.41) is 9.26. The van der Waals surface area contributed by atoms with Gasteiger partial charge in [0.2, 0.25) is 12.3 Å². The van der Waals surface area contributed by atoms with Gasteiger partial charge in [-0.05, 0) is 35.0 Å². The molecule has 1 aromatic rings. The van der Waals surface area contributed by atoms with Crippen molar-refractivity contribution in [1.29, 1.82) is 0 Å². The normalized spacial score (nSPS) is 12.0. The fourth-order valence-electron chi connectivity index (χ4n) is 1.26. The van der Waals surface area contributed by atoms with Crippen molar-refractivity contribution in [3.8, 4) is 5.88 Å². The van der Waals surface area contributed by atoms with Gasteiger partial charge in [0.05, 0.1) is 19.8 Å². The van der Waals surface area contributed by atoms with Gasteiger partial charge in [-0.3, -0.25) is 4.79 Å². The number of aliphatic hydroxyl groups is 1. The Morgan fingerprint density at radius 2 is 2.38 bits per heavy atom. The number of halogens is 1. The first-order valence-corrected chi connectivity index (χ1v) is 5.48. The van der Waals surface area contributed by atoms with Crippen molar-refractivity contribution < 1.29 is 14.6 Å². The smallest absolute Gasteiger partial charge is 0.238 e. The molecule has 0 spiro atoms. The zero-order valence-electron chi connectivity index (χ0n) is 9.05. The molecule has 16 heavy (non-hydrogen) atoms. The van der Waals surface area contributed by atoms with Gasteiger partial charge in [-0.2, -0.15) is 0 Å². The van der Waals surface area contributed by atoms with E-state index >= 15 is 0 Å². The van der Waals surface area contributed by atoms with Gasteiger partial charge in [0.25, 0.3) is 0 Å². The second kappa shape index (κ2) is 5.81. The molecule has 0 fully saturated rings. The summed E-state index contributed by atoms with van der Waals surface area (Å²) >= 11 is 3.21. The van der Waals surface area contributed by atoms with Gasteiger partial charge < -0.3 is 14.7 Å². The summed E-state index contributed by atoms with van der Waals surface area (Å²) in [7, 11) is 1.48. The fourth-order valence-corrected chi connectivity index (χ4v) is 1.56. The molecule has 1 atom stereocenters. The van der Waals surface area contributed by atoms with Crippen molar-refractivity contribution in [3.63, 3.8) is 0 Å². The predicted octanol–water partition coefficient (Wildman–Crippen LogP) is 1.20. The number of ether oxygens (including phenoxy) is 1. The van der Waals surface area contributed by atoms with Crippen LogP contribution in [0.2, 0.25) is 0 Å². The minimum Gasteiger partial charge on any atom is -0.479 e. The number of aromatic nitrogens is 1. The highest BCUT2D eigenvalue weighted by Crippen LogP contribution is 2.27. The van der Waals surface area contributed by atoms with Crippen LogP contribution >= 0.6 is 15.9 Å². The summed E-state index contributed by atoms with van der Waals surface area (Å²) in [5.41, 5.74) is 0.529. The average molecular weight is 289 g/mol. The predicted molar refractivity (Wildman–Crippen MR) is 63.6 cm³/mol. The van der Waals surface area contributed by atoms with E-state index in [1.807, 2.05) is 0 Å². The van der Waals surface area contributed by atoms with E-state index in [4.69, 9.17) is 4.74 Å². The molecule has 6 heteroatoms. The Morgan fingerprint density at radius 1 is 1.69 bits per heavy atom. The maximum atomic E-state index is 10.9. The van der Waals surface area contributed by atoms with E-state index < -0.39 is 6.10 Å². The van der Waals surface area contributed by atoms with Crippen LogP contribution < -0.4 is 9.64 Å². The molecule has 0 saturated carbocycles. The number of rotatable bonds is 5. The molecule has 1 amide bonds. The van der Waals surface area contributed by atoms with Gasteiger partial charge in [-0.15, -0.1) is 0 Å². The number of hydrogen-bond donors (Lipinski definition) is 1. The summed E-state index contributed by atoms with van der Waals surface area (Å²) in [6.07, 6.45) is 0.0266. The summed E-state index contributed by atoms with van der Waals surface area (Å²) < 4.78 is 5.69. The van der Waals surface area contributed by atoms with E-state index in [9.17, 15) is 9.90 Å². The molecule has 5 nitrogen and oxygen atoms in total. The zero-order chi connectivity index (χ0) is 12.1. The number of anilines is 1. The molecule has 1 rings (SSSR count). The number of aliphatic hydroxyl groups excluding tert-OH is 1. The molecule has 0 aliphatic rings. The van der Waals surface area contributed by atoms with Gasteiger partial charge in [-0.25, -0.2) is 4.98 Å². The van der Waals surface area contributed by atoms with Crippen LogP contribution in [-0.2, 0) is 4.79 Å². The second-order valence-corrected chi connectivity index (χ2v) is 4.08. The van der Waals surface area contributed by atoms with Crippen LogP contribution in [-0.4, -0.2) is 36.3 Å². The van der Waals surface area contributed by atoms with E-state index in [1.54, 1.807) is 19.1 Å². The van der Waals surface area contributed by atoms with E-state index in [-0.39, 0.29) is 6.54 Å². The van der Waals surface area contributed by atoms with Gasteiger partial charge in [-0.1, -0.05) is 0 Å². The Balaban J connectivity index is 3.04.